The Morgan fingerprint density at radius 1 is 0.708 bits per heavy atom. The number of rotatable bonds is 3. The molecule has 3 aromatic carbocycles. The zero-order chi connectivity index (χ0) is 16.5. The van der Waals surface area contributed by atoms with Crippen LogP contribution in [0.1, 0.15) is 25.0 Å². The molecule has 0 N–H and O–H groups in total. The van der Waals surface area contributed by atoms with E-state index in [-0.39, 0.29) is 0 Å². The summed E-state index contributed by atoms with van der Waals surface area (Å²) in [7, 11) is 0. The molecule has 0 radical (unpaired) electrons. The lowest BCUT2D eigenvalue weighted by Crippen LogP contribution is -1.93. The van der Waals surface area contributed by atoms with E-state index in [0.29, 0.717) is 5.92 Å². The predicted molar refractivity (Wildman–Crippen MR) is 104 cm³/mol. The summed E-state index contributed by atoms with van der Waals surface area (Å²) in [5.74, 6) is 0.612. The third-order valence-electron chi connectivity index (χ3n) is 4.94. The first kappa shape index (κ1) is 15.0. The monoisotopic (exact) mass is 310 g/mol. The molecule has 0 nitrogen and oxygen atoms in total. The third kappa shape index (κ3) is 2.69. The molecule has 0 fully saturated rings. The van der Waals surface area contributed by atoms with Crippen molar-refractivity contribution in [3.8, 4) is 22.3 Å². The van der Waals surface area contributed by atoms with Crippen molar-refractivity contribution in [2.24, 2.45) is 5.92 Å². The molecule has 0 saturated heterocycles. The van der Waals surface area contributed by atoms with Crippen LogP contribution < -0.4 is 0 Å². The number of allylic oxidation sites excluding steroid dienone is 1. The van der Waals surface area contributed by atoms with E-state index in [1.165, 1.54) is 39.0 Å². The minimum atomic E-state index is 0.612. The van der Waals surface area contributed by atoms with Crippen molar-refractivity contribution >= 4 is 6.08 Å². The highest BCUT2D eigenvalue weighted by Crippen LogP contribution is 2.37. The Morgan fingerprint density at radius 3 is 2.21 bits per heavy atom. The van der Waals surface area contributed by atoms with Crippen LogP contribution in [0.15, 0.2) is 78.4 Å². The lowest BCUT2D eigenvalue weighted by molar-refractivity contribution is 0.754. The summed E-state index contributed by atoms with van der Waals surface area (Å²) >= 11 is 0. The molecule has 0 aliphatic heterocycles. The van der Waals surface area contributed by atoms with Crippen LogP contribution in [0, 0.1) is 5.92 Å². The van der Waals surface area contributed by atoms with Crippen LogP contribution in [0.3, 0.4) is 0 Å². The molecule has 3 aromatic rings. The van der Waals surface area contributed by atoms with Crippen molar-refractivity contribution in [2.75, 3.05) is 0 Å². The highest BCUT2D eigenvalue weighted by Gasteiger charge is 2.18. The molecule has 0 bridgehead atoms. The molecule has 0 aromatic heterocycles. The normalized spacial score (nSPS) is 13.0. The van der Waals surface area contributed by atoms with Crippen molar-refractivity contribution < 1.29 is 0 Å². The number of benzene rings is 3. The molecule has 0 spiro atoms. The Balaban J connectivity index is 1.81. The van der Waals surface area contributed by atoms with Gasteiger partial charge in [0.25, 0.3) is 0 Å². The average Bonchev–Trinajstić information content (AvgIpc) is 3.07. The predicted octanol–water partition coefficient (Wildman–Crippen LogP) is 6.62. The number of hydrogen-bond acceptors (Lipinski definition) is 0. The fourth-order valence-electron chi connectivity index (χ4n) is 3.51. The van der Waals surface area contributed by atoms with Crippen LogP contribution in [0.4, 0.5) is 0 Å². The molecule has 0 heteroatoms. The smallest absolute Gasteiger partial charge is 0.00550 e. The van der Waals surface area contributed by atoms with E-state index in [0.717, 1.165) is 6.42 Å². The Morgan fingerprint density at radius 2 is 1.42 bits per heavy atom. The molecule has 118 valence electrons. The van der Waals surface area contributed by atoms with Gasteiger partial charge in [0, 0.05) is 0 Å². The SMILES string of the molecule is CC(C)C1=Cc2c(cccc2-c2cccc(-c3ccccc3)c2)C1. The summed E-state index contributed by atoms with van der Waals surface area (Å²) < 4.78 is 0. The first-order valence-electron chi connectivity index (χ1n) is 8.70. The summed E-state index contributed by atoms with van der Waals surface area (Å²) in [5, 5.41) is 0. The molecule has 0 unspecified atom stereocenters. The molecule has 0 amide bonds. The van der Waals surface area contributed by atoms with E-state index in [1.54, 1.807) is 0 Å². The van der Waals surface area contributed by atoms with Crippen LogP contribution in [0.25, 0.3) is 28.3 Å². The Kier molecular flexibility index (Phi) is 3.82. The van der Waals surface area contributed by atoms with Gasteiger partial charge in [0.1, 0.15) is 0 Å². The molecule has 0 heterocycles. The summed E-state index contributed by atoms with van der Waals surface area (Å²) in [4.78, 5) is 0. The van der Waals surface area contributed by atoms with Gasteiger partial charge in [-0.1, -0.05) is 92.2 Å². The molecule has 0 saturated carbocycles. The standard InChI is InChI=1S/C24H22/c1-17(2)22-15-21-12-7-13-23(24(21)16-22)20-11-6-10-19(14-20)18-8-4-3-5-9-18/h3-14,16-17H,15H2,1-2H3. The average molecular weight is 310 g/mol. The van der Waals surface area contributed by atoms with E-state index >= 15 is 0 Å². The van der Waals surface area contributed by atoms with Gasteiger partial charge in [-0.25, -0.2) is 0 Å². The molecular formula is C24H22. The maximum absolute atomic E-state index is 2.41. The Hall–Kier alpha value is -2.60. The second-order valence-electron chi connectivity index (χ2n) is 6.88. The van der Waals surface area contributed by atoms with Gasteiger partial charge in [-0.2, -0.15) is 0 Å². The first-order valence-corrected chi connectivity index (χ1v) is 8.70. The lowest BCUT2D eigenvalue weighted by atomic mass is 9.94. The van der Waals surface area contributed by atoms with Crippen LogP contribution in [0.5, 0.6) is 0 Å². The quantitative estimate of drug-likeness (QED) is 0.510. The maximum atomic E-state index is 2.41. The Labute approximate surface area is 144 Å². The topological polar surface area (TPSA) is 0 Å². The number of hydrogen-bond donors (Lipinski definition) is 0. The van der Waals surface area contributed by atoms with Gasteiger partial charge in [-0.05, 0) is 51.8 Å². The summed E-state index contributed by atoms with van der Waals surface area (Å²) in [6.45, 7) is 4.57. The van der Waals surface area contributed by atoms with Gasteiger partial charge in [0.2, 0.25) is 0 Å². The molecular weight excluding hydrogens is 288 g/mol. The summed E-state index contributed by atoms with van der Waals surface area (Å²) in [6.07, 6.45) is 3.50. The lowest BCUT2D eigenvalue weighted by Gasteiger charge is -2.10. The van der Waals surface area contributed by atoms with Crippen molar-refractivity contribution in [3.05, 3.63) is 89.5 Å². The van der Waals surface area contributed by atoms with Gasteiger partial charge < -0.3 is 0 Å². The van der Waals surface area contributed by atoms with Crippen molar-refractivity contribution in [1.29, 1.82) is 0 Å². The minimum Gasteiger partial charge on any atom is -0.0626 e. The van der Waals surface area contributed by atoms with Crippen LogP contribution in [0.2, 0.25) is 0 Å². The van der Waals surface area contributed by atoms with E-state index in [9.17, 15) is 0 Å². The zero-order valence-corrected chi connectivity index (χ0v) is 14.3. The second kappa shape index (κ2) is 6.13. The minimum absolute atomic E-state index is 0.612. The van der Waals surface area contributed by atoms with Gasteiger partial charge in [0.15, 0.2) is 0 Å². The van der Waals surface area contributed by atoms with E-state index in [4.69, 9.17) is 0 Å². The fraction of sp³-hybridized carbons (Fsp3) is 0.167. The van der Waals surface area contributed by atoms with Crippen molar-refractivity contribution in [2.45, 2.75) is 20.3 Å². The van der Waals surface area contributed by atoms with Crippen molar-refractivity contribution in [3.63, 3.8) is 0 Å². The molecule has 4 rings (SSSR count). The zero-order valence-electron chi connectivity index (χ0n) is 14.3. The van der Waals surface area contributed by atoms with Crippen LogP contribution >= 0.6 is 0 Å². The summed E-state index contributed by atoms with van der Waals surface area (Å²) in [5.41, 5.74) is 9.60. The maximum Gasteiger partial charge on any atom is -0.00550 e. The van der Waals surface area contributed by atoms with E-state index < -0.39 is 0 Å². The fourth-order valence-corrected chi connectivity index (χ4v) is 3.51. The summed E-state index contributed by atoms with van der Waals surface area (Å²) in [6, 6.07) is 26.2. The molecule has 24 heavy (non-hydrogen) atoms. The first-order chi connectivity index (χ1) is 11.7. The Bertz CT molecular complexity index is 898. The highest BCUT2D eigenvalue weighted by molar-refractivity contribution is 5.83. The van der Waals surface area contributed by atoms with Crippen LogP contribution in [-0.4, -0.2) is 0 Å². The second-order valence-corrected chi connectivity index (χ2v) is 6.88. The molecule has 0 atom stereocenters. The third-order valence-corrected chi connectivity index (χ3v) is 4.94. The van der Waals surface area contributed by atoms with Gasteiger partial charge in [-0.15, -0.1) is 0 Å². The van der Waals surface area contributed by atoms with E-state index in [1.807, 2.05) is 0 Å². The molecule has 1 aliphatic rings. The molecule has 1 aliphatic carbocycles. The van der Waals surface area contributed by atoms with Crippen molar-refractivity contribution in [1.82, 2.24) is 0 Å². The van der Waals surface area contributed by atoms with E-state index in [2.05, 4.69) is 92.7 Å². The van der Waals surface area contributed by atoms with Gasteiger partial charge in [0.05, 0.1) is 0 Å². The van der Waals surface area contributed by atoms with Crippen LogP contribution in [-0.2, 0) is 6.42 Å². The number of fused-ring (bicyclic) bond motifs is 1. The van der Waals surface area contributed by atoms with Gasteiger partial charge >= 0.3 is 0 Å². The van der Waals surface area contributed by atoms with Gasteiger partial charge in [-0.3, -0.25) is 0 Å². The highest BCUT2D eigenvalue weighted by atomic mass is 14.2. The largest absolute Gasteiger partial charge is 0.0626 e.